The first-order chi connectivity index (χ1) is 6.06. The molecule has 0 atom stereocenters. The van der Waals surface area contributed by atoms with E-state index in [1.54, 1.807) is 6.92 Å². The van der Waals surface area contributed by atoms with Crippen LogP contribution < -0.4 is 11.3 Å². The van der Waals surface area contributed by atoms with E-state index < -0.39 is 12.0 Å². The lowest BCUT2D eigenvalue weighted by molar-refractivity contribution is 0.150. The van der Waals surface area contributed by atoms with Crippen LogP contribution in [-0.4, -0.2) is 4.98 Å². The van der Waals surface area contributed by atoms with Crippen LogP contribution in [-0.2, 0) is 6.54 Å². The lowest BCUT2D eigenvalue weighted by Crippen LogP contribution is -2.19. The number of hydrogen-bond donors (Lipinski definition) is 2. The standard InChI is InChI=1S/C8H10F2N2O/c1-4-2-5(7(9)10)6(3-11)8(13)12-4/h2,7H,3,11H2,1H3,(H,12,13). The number of aromatic amines is 1. The van der Waals surface area contributed by atoms with Crippen molar-refractivity contribution in [1.29, 1.82) is 0 Å². The largest absolute Gasteiger partial charge is 0.326 e. The molecule has 0 aromatic carbocycles. The molecule has 72 valence electrons. The molecule has 1 rings (SSSR count). The van der Waals surface area contributed by atoms with E-state index in [2.05, 4.69) is 4.98 Å². The van der Waals surface area contributed by atoms with Gasteiger partial charge in [-0.05, 0) is 13.0 Å². The Morgan fingerprint density at radius 3 is 2.69 bits per heavy atom. The number of aromatic nitrogens is 1. The molecule has 0 bridgehead atoms. The SMILES string of the molecule is Cc1cc(C(F)F)c(CN)c(=O)[nH]1. The molecule has 1 aromatic rings. The van der Waals surface area contributed by atoms with E-state index in [0.29, 0.717) is 5.69 Å². The molecule has 0 amide bonds. The van der Waals surface area contributed by atoms with Crippen LogP contribution in [0.1, 0.15) is 23.2 Å². The maximum Gasteiger partial charge on any atom is 0.264 e. The van der Waals surface area contributed by atoms with Gasteiger partial charge in [-0.25, -0.2) is 8.78 Å². The maximum atomic E-state index is 12.4. The first kappa shape index (κ1) is 9.85. The highest BCUT2D eigenvalue weighted by Crippen LogP contribution is 2.20. The van der Waals surface area contributed by atoms with Gasteiger partial charge in [-0.1, -0.05) is 0 Å². The minimum Gasteiger partial charge on any atom is -0.326 e. The second kappa shape index (κ2) is 3.66. The minimum atomic E-state index is -2.65. The molecule has 1 heterocycles. The van der Waals surface area contributed by atoms with Gasteiger partial charge in [0.1, 0.15) is 0 Å². The predicted molar refractivity (Wildman–Crippen MR) is 44.6 cm³/mol. The van der Waals surface area contributed by atoms with Crippen molar-refractivity contribution in [3.05, 3.63) is 33.2 Å². The van der Waals surface area contributed by atoms with E-state index in [1.165, 1.54) is 6.07 Å². The molecule has 0 aliphatic heterocycles. The van der Waals surface area contributed by atoms with Crippen LogP contribution in [0.15, 0.2) is 10.9 Å². The quantitative estimate of drug-likeness (QED) is 0.729. The molecule has 0 saturated carbocycles. The number of rotatable bonds is 2. The first-order valence-electron chi connectivity index (χ1n) is 3.77. The Kier molecular flexibility index (Phi) is 2.77. The van der Waals surface area contributed by atoms with Crippen molar-refractivity contribution in [2.45, 2.75) is 19.9 Å². The molecule has 3 N–H and O–H groups in total. The third-order valence-corrected chi connectivity index (χ3v) is 1.74. The van der Waals surface area contributed by atoms with Crippen LogP contribution in [0.25, 0.3) is 0 Å². The molecule has 0 spiro atoms. The molecule has 13 heavy (non-hydrogen) atoms. The number of alkyl halides is 2. The summed E-state index contributed by atoms with van der Waals surface area (Å²) < 4.78 is 24.7. The highest BCUT2D eigenvalue weighted by Gasteiger charge is 2.15. The summed E-state index contributed by atoms with van der Waals surface area (Å²) in [6, 6.07) is 1.24. The maximum absolute atomic E-state index is 12.4. The van der Waals surface area contributed by atoms with Gasteiger partial charge in [0, 0.05) is 23.4 Å². The van der Waals surface area contributed by atoms with Crippen molar-refractivity contribution in [1.82, 2.24) is 4.98 Å². The lowest BCUT2D eigenvalue weighted by Gasteiger charge is -2.06. The van der Waals surface area contributed by atoms with Crippen LogP contribution in [0.2, 0.25) is 0 Å². The van der Waals surface area contributed by atoms with Crippen molar-refractivity contribution < 1.29 is 8.78 Å². The number of aryl methyl sites for hydroxylation is 1. The number of nitrogens with two attached hydrogens (primary N) is 1. The summed E-state index contributed by atoms with van der Waals surface area (Å²) in [5.41, 5.74) is 4.76. The molecule has 0 unspecified atom stereocenters. The van der Waals surface area contributed by atoms with Crippen molar-refractivity contribution in [3.8, 4) is 0 Å². The van der Waals surface area contributed by atoms with Gasteiger partial charge in [0.05, 0.1) is 0 Å². The topological polar surface area (TPSA) is 58.9 Å². The molecule has 0 aliphatic rings. The number of nitrogens with one attached hydrogen (secondary N) is 1. The second-order valence-corrected chi connectivity index (χ2v) is 2.72. The smallest absolute Gasteiger partial charge is 0.264 e. The van der Waals surface area contributed by atoms with Gasteiger partial charge in [0.25, 0.3) is 12.0 Å². The van der Waals surface area contributed by atoms with Gasteiger partial charge in [-0.15, -0.1) is 0 Å². The highest BCUT2D eigenvalue weighted by molar-refractivity contribution is 5.27. The Hall–Kier alpha value is -1.23. The van der Waals surface area contributed by atoms with Crippen LogP contribution in [0.5, 0.6) is 0 Å². The van der Waals surface area contributed by atoms with Crippen LogP contribution in [0.4, 0.5) is 8.78 Å². The zero-order valence-corrected chi connectivity index (χ0v) is 7.10. The number of H-pyrrole nitrogens is 1. The summed E-state index contributed by atoms with van der Waals surface area (Å²) >= 11 is 0. The van der Waals surface area contributed by atoms with E-state index >= 15 is 0 Å². The Balaban J connectivity index is 3.38. The van der Waals surface area contributed by atoms with E-state index in [9.17, 15) is 13.6 Å². The second-order valence-electron chi connectivity index (χ2n) is 2.72. The van der Waals surface area contributed by atoms with Crippen LogP contribution in [0, 0.1) is 6.92 Å². The van der Waals surface area contributed by atoms with E-state index in [-0.39, 0.29) is 17.7 Å². The van der Waals surface area contributed by atoms with Crippen LogP contribution in [0.3, 0.4) is 0 Å². The van der Waals surface area contributed by atoms with Crippen LogP contribution >= 0.6 is 0 Å². The summed E-state index contributed by atoms with van der Waals surface area (Å²) in [5, 5.41) is 0. The molecule has 0 aliphatic carbocycles. The number of pyridine rings is 1. The molecule has 3 nitrogen and oxygen atoms in total. The predicted octanol–water partition coefficient (Wildman–Crippen LogP) is 1.08. The van der Waals surface area contributed by atoms with Gasteiger partial charge in [0.15, 0.2) is 0 Å². The Morgan fingerprint density at radius 1 is 1.62 bits per heavy atom. The van der Waals surface area contributed by atoms with E-state index in [1.807, 2.05) is 0 Å². The zero-order chi connectivity index (χ0) is 10.0. The molecule has 1 aromatic heterocycles. The minimum absolute atomic E-state index is 0.0411. The normalized spacial score (nSPS) is 10.8. The van der Waals surface area contributed by atoms with E-state index in [0.717, 1.165) is 0 Å². The third kappa shape index (κ3) is 1.92. The fourth-order valence-corrected chi connectivity index (χ4v) is 1.15. The van der Waals surface area contributed by atoms with E-state index in [4.69, 9.17) is 5.73 Å². The Morgan fingerprint density at radius 2 is 2.23 bits per heavy atom. The van der Waals surface area contributed by atoms with Crippen molar-refractivity contribution >= 4 is 0 Å². The fraction of sp³-hybridized carbons (Fsp3) is 0.375. The summed E-state index contributed by atoms with van der Waals surface area (Å²) in [6.45, 7) is 1.38. The Labute approximate surface area is 73.6 Å². The summed E-state index contributed by atoms with van der Waals surface area (Å²) in [5.74, 6) is 0. The monoisotopic (exact) mass is 188 g/mol. The summed E-state index contributed by atoms with van der Waals surface area (Å²) in [6.07, 6.45) is -2.65. The van der Waals surface area contributed by atoms with Gasteiger partial charge in [-0.2, -0.15) is 0 Å². The van der Waals surface area contributed by atoms with Gasteiger partial charge < -0.3 is 10.7 Å². The van der Waals surface area contributed by atoms with Gasteiger partial charge in [0.2, 0.25) is 0 Å². The average Bonchev–Trinajstić information content (AvgIpc) is 2.02. The number of halogens is 2. The summed E-state index contributed by atoms with van der Waals surface area (Å²) in [4.78, 5) is 13.5. The van der Waals surface area contributed by atoms with Crippen molar-refractivity contribution in [2.24, 2.45) is 5.73 Å². The summed E-state index contributed by atoms with van der Waals surface area (Å²) in [7, 11) is 0. The van der Waals surface area contributed by atoms with Crippen molar-refractivity contribution in [2.75, 3.05) is 0 Å². The molecule has 5 heteroatoms. The zero-order valence-electron chi connectivity index (χ0n) is 7.10. The van der Waals surface area contributed by atoms with Crippen molar-refractivity contribution in [3.63, 3.8) is 0 Å². The molecular weight excluding hydrogens is 178 g/mol. The lowest BCUT2D eigenvalue weighted by atomic mass is 10.1. The Bertz CT molecular complexity index is 360. The fourth-order valence-electron chi connectivity index (χ4n) is 1.15. The van der Waals surface area contributed by atoms with Gasteiger partial charge in [-0.3, -0.25) is 4.79 Å². The molecule has 0 fully saturated rings. The molecule has 0 saturated heterocycles. The highest BCUT2D eigenvalue weighted by atomic mass is 19.3. The number of hydrogen-bond acceptors (Lipinski definition) is 2. The average molecular weight is 188 g/mol. The van der Waals surface area contributed by atoms with Gasteiger partial charge >= 0.3 is 0 Å². The first-order valence-corrected chi connectivity index (χ1v) is 3.77. The molecule has 0 radical (unpaired) electrons. The third-order valence-electron chi connectivity index (χ3n) is 1.74. The molecular formula is C8H10F2N2O.